The standard InChI is InChI=1S/C12H13ClFN3/c1-12(2,14)11-7(4-3-5-8(11)13)9-6-10(15)17-16-9/h3-6H,1-2H3,(H3,15,16,17). The summed E-state index contributed by atoms with van der Waals surface area (Å²) in [5.74, 6) is 0.364. The van der Waals surface area contributed by atoms with E-state index in [0.717, 1.165) is 0 Å². The predicted molar refractivity (Wildman–Crippen MR) is 67.6 cm³/mol. The van der Waals surface area contributed by atoms with Crippen LogP contribution in [-0.2, 0) is 5.67 Å². The Labute approximate surface area is 104 Å². The van der Waals surface area contributed by atoms with E-state index >= 15 is 0 Å². The number of H-pyrrole nitrogens is 1. The molecule has 2 aromatic rings. The second-order valence-corrected chi connectivity index (χ2v) is 4.75. The maximum atomic E-state index is 14.2. The first kappa shape index (κ1) is 11.9. The monoisotopic (exact) mass is 253 g/mol. The average Bonchev–Trinajstić information content (AvgIpc) is 2.62. The number of alkyl halides is 1. The molecule has 0 spiro atoms. The van der Waals surface area contributed by atoms with Gasteiger partial charge in [-0.1, -0.05) is 23.7 Å². The zero-order chi connectivity index (χ0) is 12.6. The van der Waals surface area contributed by atoms with E-state index in [9.17, 15) is 4.39 Å². The fourth-order valence-corrected chi connectivity index (χ4v) is 2.23. The van der Waals surface area contributed by atoms with Crippen molar-refractivity contribution in [3.8, 4) is 11.3 Å². The third kappa shape index (κ3) is 2.26. The number of nitrogen functional groups attached to an aromatic ring is 1. The molecule has 90 valence electrons. The summed E-state index contributed by atoms with van der Waals surface area (Å²) in [7, 11) is 0. The lowest BCUT2D eigenvalue weighted by molar-refractivity contribution is 0.222. The molecule has 0 saturated carbocycles. The highest BCUT2D eigenvalue weighted by Gasteiger charge is 2.26. The van der Waals surface area contributed by atoms with Gasteiger partial charge >= 0.3 is 0 Å². The molecule has 0 radical (unpaired) electrons. The van der Waals surface area contributed by atoms with E-state index in [4.69, 9.17) is 17.3 Å². The molecule has 1 aromatic carbocycles. The molecule has 5 heteroatoms. The summed E-state index contributed by atoms with van der Waals surface area (Å²) in [6, 6.07) is 6.88. The fraction of sp³-hybridized carbons (Fsp3) is 0.250. The number of rotatable bonds is 2. The summed E-state index contributed by atoms with van der Waals surface area (Å²) in [6.07, 6.45) is 0. The normalized spacial score (nSPS) is 11.8. The molecule has 0 unspecified atom stereocenters. The third-order valence-corrected chi connectivity index (χ3v) is 2.81. The molecule has 1 aromatic heterocycles. The van der Waals surface area contributed by atoms with Crippen LogP contribution in [0.3, 0.4) is 0 Å². The van der Waals surface area contributed by atoms with E-state index in [-0.39, 0.29) is 0 Å². The second-order valence-electron chi connectivity index (χ2n) is 4.34. The Morgan fingerprint density at radius 3 is 2.65 bits per heavy atom. The lowest BCUT2D eigenvalue weighted by Gasteiger charge is -2.20. The first-order chi connectivity index (χ1) is 7.89. The van der Waals surface area contributed by atoms with E-state index < -0.39 is 5.67 Å². The van der Waals surface area contributed by atoms with Crippen molar-refractivity contribution < 1.29 is 4.39 Å². The fourth-order valence-electron chi connectivity index (χ4n) is 1.83. The van der Waals surface area contributed by atoms with Gasteiger partial charge in [0.05, 0.1) is 5.69 Å². The minimum Gasteiger partial charge on any atom is -0.382 e. The maximum absolute atomic E-state index is 14.2. The Hall–Kier alpha value is -1.55. The van der Waals surface area contributed by atoms with E-state index in [1.807, 2.05) is 0 Å². The van der Waals surface area contributed by atoms with Crippen molar-refractivity contribution >= 4 is 17.4 Å². The Morgan fingerprint density at radius 2 is 2.12 bits per heavy atom. The minimum absolute atomic E-state index is 0.364. The number of aromatic nitrogens is 2. The molecule has 2 rings (SSSR count). The number of halogens is 2. The van der Waals surface area contributed by atoms with Crippen molar-refractivity contribution in [3.63, 3.8) is 0 Å². The summed E-state index contributed by atoms with van der Waals surface area (Å²) in [5, 5.41) is 6.99. The molecule has 0 aliphatic rings. The molecule has 0 saturated heterocycles. The van der Waals surface area contributed by atoms with E-state index in [2.05, 4.69) is 10.2 Å². The summed E-state index contributed by atoms with van der Waals surface area (Å²) in [6.45, 7) is 2.94. The number of hydrogen-bond donors (Lipinski definition) is 2. The van der Waals surface area contributed by atoms with Gasteiger partial charge in [-0.25, -0.2) is 4.39 Å². The Balaban J connectivity index is 2.66. The number of nitrogens with zero attached hydrogens (tertiary/aromatic N) is 1. The molecule has 0 aliphatic heterocycles. The van der Waals surface area contributed by atoms with Crippen LogP contribution in [0.4, 0.5) is 10.2 Å². The first-order valence-corrected chi connectivity index (χ1v) is 5.56. The van der Waals surface area contributed by atoms with Crippen LogP contribution in [0.1, 0.15) is 19.4 Å². The van der Waals surface area contributed by atoms with Gasteiger partial charge in [0, 0.05) is 22.2 Å². The van der Waals surface area contributed by atoms with Crippen LogP contribution in [-0.4, -0.2) is 10.2 Å². The highest BCUT2D eigenvalue weighted by molar-refractivity contribution is 6.31. The number of nitrogens with two attached hydrogens (primary N) is 1. The van der Waals surface area contributed by atoms with Gasteiger partial charge in [0.15, 0.2) is 0 Å². The molecular formula is C12H13ClFN3. The van der Waals surface area contributed by atoms with Gasteiger partial charge in [0.1, 0.15) is 11.5 Å². The topological polar surface area (TPSA) is 54.7 Å². The third-order valence-electron chi connectivity index (χ3n) is 2.50. The van der Waals surface area contributed by atoms with Crippen molar-refractivity contribution in [2.45, 2.75) is 19.5 Å². The van der Waals surface area contributed by atoms with Gasteiger partial charge < -0.3 is 5.73 Å². The zero-order valence-electron chi connectivity index (χ0n) is 9.59. The van der Waals surface area contributed by atoms with Crippen LogP contribution in [0.25, 0.3) is 11.3 Å². The number of benzene rings is 1. The SMILES string of the molecule is CC(C)(F)c1c(Cl)cccc1-c1cc(N)n[nH]1. The lowest BCUT2D eigenvalue weighted by Crippen LogP contribution is -2.11. The van der Waals surface area contributed by atoms with Gasteiger partial charge in [-0.05, 0) is 19.9 Å². The summed E-state index contributed by atoms with van der Waals surface area (Å²) >= 11 is 6.07. The van der Waals surface area contributed by atoms with Gasteiger partial charge in [-0.15, -0.1) is 0 Å². The quantitative estimate of drug-likeness (QED) is 0.860. The predicted octanol–water partition coefficient (Wildman–Crippen LogP) is 3.52. The van der Waals surface area contributed by atoms with Gasteiger partial charge in [-0.2, -0.15) is 5.10 Å². The molecule has 0 aliphatic carbocycles. The molecule has 1 heterocycles. The van der Waals surface area contributed by atoms with Crippen LogP contribution >= 0.6 is 11.6 Å². The Bertz CT molecular complexity index is 543. The van der Waals surface area contributed by atoms with Crippen molar-refractivity contribution in [1.82, 2.24) is 10.2 Å². The van der Waals surface area contributed by atoms with Gasteiger partial charge in [-0.3, -0.25) is 5.10 Å². The van der Waals surface area contributed by atoms with Crippen LogP contribution in [0.15, 0.2) is 24.3 Å². The molecular weight excluding hydrogens is 241 g/mol. The smallest absolute Gasteiger partial charge is 0.145 e. The molecule has 3 N–H and O–H groups in total. The largest absolute Gasteiger partial charge is 0.382 e. The van der Waals surface area contributed by atoms with Crippen LogP contribution in [0, 0.1) is 0 Å². The number of hydrogen-bond acceptors (Lipinski definition) is 2. The van der Waals surface area contributed by atoms with E-state index in [0.29, 0.717) is 27.7 Å². The number of nitrogens with one attached hydrogen (secondary N) is 1. The molecule has 0 fully saturated rings. The number of aromatic amines is 1. The summed E-state index contributed by atoms with van der Waals surface area (Å²) < 4.78 is 14.2. The lowest BCUT2D eigenvalue weighted by atomic mass is 9.93. The van der Waals surface area contributed by atoms with Crippen molar-refractivity contribution in [1.29, 1.82) is 0 Å². The van der Waals surface area contributed by atoms with Gasteiger partial charge in [0.25, 0.3) is 0 Å². The Morgan fingerprint density at radius 1 is 1.41 bits per heavy atom. The molecule has 17 heavy (non-hydrogen) atoms. The molecule has 0 atom stereocenters. The van der Waals surface area contributed by atoms with Crippen LogP contribution in [0.5, 0.6) is 0 Å². The highest BCUT2D eigenvalue weighted by Crippen LogP contribution is 2.38. The molecule has 0 bridgehead atoms. The van der Waals surface area contributed by atoms with Crippen molar-refractivity contribution in [2.75, 3.05) is 5.73 Å². The van der Waals surface area contributed by atoms with E-state index in [1.165, 1.54) is 13.8 Å². The van der Waals surface area contributed by atoms with Crippen LogP contribution < -0.4 is 5.73 Å². The average molecular weight is 254 g/mol. The molecule has 0 amide bonds. The number of anilines is 1. The van der Waals surface area contributed by atoms with Crippen molar-refractivity contribution in [2.24, 2.45) is 0 Å². The minimum atomic E-state index is -1.53. The maximum Gasteiger partial charge on any atom is 0.145 e. The first-order valence-electron chi connectivity index (χ1n) is 5.19. The highest BCUT2D eigenvalue weighted by atomic mass is 35.5. The summed E-state index contributed by atoms with van der Waals surface area (Å²) in [4.78, 5) is 0. The van der Waals surface area contributed by atoms with Crippen LogP contribution in [0.2, 0.25) is 5.02 Å². The second kappa shape index (κ2) is 4.04. The summed E-state index contributed by atoms with van der Waals surface area (Å²) in [5.41, 5.74) is 5.78. The van der Waals surface area contributed by atoms with Gasteiger partial charge in [0.2, 0.25) is 0 Å². The Kier molecular flexibility index (Phi) is 2.83. The van der Waals surface area contributed by atoms with E-state index in [1.54, 1.807) is 24.3 Å². The van der Waals surface area contributed by atoms with Crippen molar-refractivity contribution in [3.05, 3.63) is 34.9 Å². The zero-order valence-corrected chi connectivity index (χ0v) is 10.3. The molecule has 3 nitrogen and oxygen atoms in total.